The van der Waals surface area contributed by atoms with Gasteiger partial charge in [-0.05, 0) is 6.08 Å². The molecule has 1 N–H and O–H groups in total. The molecular weight excluding hydrogens is 371 g/mol. The Kier molecular flexibility index (Phi) is 4.75. The molecule has 0 radical (unpaired) electrons. The van der Waals surface area contributed by atoms with Crippen LogP contribution in [0.25, 0.3) is 0 Å². The monoisotopic (exact) mass is 378 g/mol. The van der Waals surface area contributed by atoms with Gasteiger partial charge in [-0.15, -0.1) is 4.72 Å². The van der Waals surface area contributed by atoms with Crippen molar-refractivity contribution in [1.82, 2.24) is 9.03 Å². The van der Waals surface area contributed by atoms with Gasteiger partial charge in [-0.25, -0.2) is 0 Å². The summed E-state index contributed by atoms with van der Waals surface area (Å²) >= 11 is 0. The summed E-state index contributed by atoms with van der Waals surface area (Å²) in [6.45, 7) is -0.622. The molecule has 14 heteroatoms. The molecule has 0 spiro atoms. The molecule has 0 fully saturated rings. The Balaban J connectivity index is 3.15. The van der Waals surface area contributed by atoms with Crippen LogP contribution in [0.1, 0.15) is 0 Å². The topological polar surface area (TPSA) is 49.4 Å². The SMILES string of the molecule is O=S(=O)(NC(F)(F)C(F)(F)C(F)(F)C(F)(F)F)N1C=CC=CC1. The smallest absolute Gasteiger partial charge is 0.261 e. The fourth-order valence-electron chi connectivity index (χ4n) is 1.29. The van der Waals surface area contributed by atoms with E-state index < -0.39 is 40.8 Å². The van der Waals surface area contributed by atoms with Crippen LogP contribution in [0.5, 0.6) is 0 Å². The maximum atomic E-state index is 13.2. The molecule has 1 heterocycles. The van der Waals surface area contributed by atoms with Gasteiger partial charge in [0.15, 0.2) is 0 Å². The van der Waals surface area contributed by atoms with E-state index in [4.69, 9.17) is 0 Å². The van der Waals surface area contributed by atoms with Crippen LogP contribution in [0, 0.1) is 0 Å². The van der Waals surface area contributed by atoms with Gasteiger partial charge in [0, 0.05) is 6.20 Å². The van der Waals surface area contributed by atoms with Crippen molar-refractivity contribution in [2.75, 3.05) is 6.54 Å². The Bertz CT molecular complexity index is 609. The molecule has 0 aromatic carbocycles. The number of alkyl halides is 9. The quantitative estimate of drug-likeness (QED) is 0.591. The lowest BCUT2D eigenvalue weighted by Gasteiger charge is -2.34. The summed E-state index contributed by atoms with van der Waals surface area (Å²) in [4.78, 5) is 0. The van der Waals surface area contributed by atoms with E-state index in [1.54, 1.807) is 0 Å². The van der Waals surface area contributed by atoms with Crippen molar-refractivity contribution in [3.05, 3.63) is 24.4 Å². The Labute approximate surface area is 123 Å². The van der Waals surface area contributed by atoms with Gasteiger partial charge >= 0.3 is 34.3 Å². The van der Waals surface area contributed by atoms with Gasteiger partial charge in [-0.3, -0.25) is 4.31 Å². The van der Waals surface area contributed by atoms with Crippen molar-refractivity contribution in [3.8, 4) is 0 Å². The van der Waals surface area contributed by atoms with Gasteiger partial charge in [-0.2, -0.15) is 47.9 Å². The number of nitrogens with one attached hydrogen (secondary N) is 1. The van der Waals surface area contributed by atoms with E-state index in [2.05, 4.69) is 0 Å². The Morgan fingerprint density at radius 1 is 0.870 bits per heavy atom. The minimum absolute atomic E-state index is 0.00270. The third-order valence-electron chi connectivity index (χ3n) is 2.50. The average Bonchev–Trinajstić information content (AvgIpc) is 2.36. The van der Waals surface area contributed by atoms with Crippen LogP contribution in [0.3, 0.4) is 0 Å². The fraction of sp³-hybridized carbons (Fsp3) is 0.556. The molecule has 4 nitrogen and oxygen atoms in total. The second-order valence-corrected chi connectivity index (χ2v) is 5.79. The summed E-state index contributed by atoms with van der Waals surface area (Å²) in [6, 6.07) is -6.42. The summed E-state index contributed by atoms with van der Waals surface area (Å²) in [5.41, 5.74) is 0. The van der Waals surface area contributed by atoms with Crippen molar-refractivity contribution in [1.29, 1.82) is 0 Å². The van der Waals surface area contributed by atoms with E-state index in [0.29, 0.717) is 6.20 Å². The van der Waals surface area contributed by atoms with Gasteiger partial charge in [0.1, 0.15) is 0 Å². The number of halogens is 9. The predicted molar refractivity (Wildman–Crippen MR) is 57.9 cm³/mol. The molecule has 134 valence electrons. The molecule has 0 aromatic rings. The van der Waals surface area contributed by atoms with Crippen LogP contribution in [0.15, 0.2) is 24.4 Å². The lowest BCUT2D eigenvalue weighted by molar-refractivity contribution is -0.397. The third kappa shape index (κ3) is 3.41. The largest absolute Gasteiger partial charge is 0.460 e. The van der Waals surface area contributed by atoms with E-state index in [1.807, 2.05) is 0 Å². The molecule has 0 amide bonds. The van der Waals surface area contributed by atoms with Gasteiger partial charge in [0.2, 0.25) is 0 Å². The zero-order valence-electron chi connectivity index (χ0n) is 10.6. The van der Waals surface area contributed by atoms with Crippen molar-refractivity contribution >= 4 is 10.2 Å². The average molecular weight is 378 g/mol. The summed E-state index contributed by atoms with van der Waals surface area (Å²) in [5.74, 6) is -14.2. The molecule has 0 atom stereocenters. The molecule has 0 aliphatic carbocycles. The van der Waals surface area contributed by atoms with Crippen LogP contribution in [-0.2, 0) is 10.2 Å². The maximum absolute atomic E-state index is 13.2. The zero-order chi connectivity index (χ0) is 18.3. The number of rotatable bonds is 5. The summed E-state index contributed by atoms with van der Waals surface area (Å²) in [7, 11) is -5.52. The summed E-state index contributed by atoms with van der Waals surface area (Å²) < 4.78 is 136. The Morgan fingerprint density at radius 3 is 1.78 bits per heavy atom. The zero-order valence-corrected chi connectivity index (χ0v) is 11.4. The lowest BCUT2D eigenvalue weighted by atomic mass is 10.1. The molecular formula is C9H7F9N2O2S. The molecule has 0 saturated carbocycles. The van der Waals surface area contributed by atoms with Crippen LogP contribution >= 0.6 is 0 Å². The second-order valence-electron chi connectivity index (χ2n) is 4.17. The van der Waals surface area contributed by atoms with Crippen LogP contribution in [0.4, 0.5) is 39.5 Å². The molecule has 0 aromatic heterocycles. The molecule has 23 heavy (non-hydrogen) atoms. The van der Waals surface area contributed by atoms with Crippen molar-refractivity contribution < 1.29 is 47.9 Å². The Hall–Kier alpha value is -1.44. The molecule has 1 aliphatic rings. The van der Waals surface area contributed by atoms with Crippen LogP contribution in [0.2, 0.25) is 0 Å². The number of allylic oxidation sites excluding steroid dienone is 2. The first-order valence-electron chi connectivity index (χ1n) is 5.40. The van der Waals surface area contributed by atoms with Crippen molar-refractivity contribution in [2.45, 2.75) is 24.1 Å². The predicted octanol–water partition coefficient (Wildman–Crippen LogP) is 2.63. The van der Waals surface area contributed by atoms with Gasteiger partial charge < -0.3 is 0 Å². The number of hydrogen-bond donors (Lipinski definition) is 1. The van der Waals surface area contributed by atoms with E-state index in [9.17, 15) is 47.9 Å². The summed E-state index contributed by atoms with van der Waals surface area (Å²) in [5, 5.41) is 0. The lowest BCUT2D eigenvalue weighted by Crippen LogP contribution is -2.67. The standard InChI is InChI=1S/C9H7F9N2O2S/c10-6(11,8(14,15)16)7(12,13)9(17,18)19-23(21,22)20-4-2-1-3-5-20/h1-4,19H,5H2. The minimum atomic E-state index is -7.18. The first-order chi connectivity index (χ1) is 10.1. The van der Waals surface area contributed by atoms with Gasteiger partial charge in [0.25, 0.3) is 0 Å². The van der Waals surface area contributed by atoms with Gasteiger partial charge in [0.05, 0.1) is 6.54 Å². The minimum Gasteiger partial charge on any atom is -0.261 e. The van der Waals surface area contributed by atoms with Gasteiger partial charge in [-0.1, -0.05) is 12.2 Å². The molecule has 0 saturated heterocycles. The number of nitrogens with zero attached hydrogens (tertiary/aromatic N) is 1. The van der Waals surface area contributed by atoms with E-state index in [0.717, 1.165) is 12.2 Å². The second kappa shape index (κ2) is 5.58. The van der Waals surface area contributed by atoms with Crippen LogP contribution < -0.4 is 4.72 Å². The highest BCUT2D eigenvalue weighted by molar-refractivity contribution is 7.87. The maximum Gasteiger partial charge on any atom is 0.460 e. The van der Waals surface area contributed by atoms with E-state index >= 15 is 0 Å². The Morgan fingerprint density at radius 2 is 1.39 bits per heavy atom. The molecule has 0 unspecified atom stereocenters. The van der Waals surface area contributed by atoms with Crippen molar-refractivity contribution in [3.63, 3.8) is 0 Å². The van der Waals surface area contributed by atoms with E-state index in [-0.39, 0.29) is 9.03 Å². The highest BCUT2D eigenvalue weighted by Gasteiger charge is 2.82. The highest BCUT2D eigenvalue weighted by atomic mass is 32.2. The molecule has 1 rings (SSSR count). The third-order valence-corrected chi connectivity index (χ3v) is 3.90. The first-order valence-corrected chi connectivity index (χ1v) is 6.84. The fourth-order valence-corrected chi connectivity index (χ4v) is 2.37. The first kappa shape index (κ1) is 19.6. The molecule has 1 aliphatic heterocycles. The van der Waals surface area contributed by atoms with Crippen LogP contribution in [-0.4, -0.2) is 43.3 Å². The highest BCUT2D eigenvalue weighted by Crippen LogP contribution is 2.52. The summed E-state index contributed by atoms with van der Waals surface area (Å²) in [6.07, 6.45) is -3.13. The number of hydrogen-bond acceptors (Lipinski definition) is 2. The normalized spacial score (nSPS) is 17.7. The van der Waals surface area contributed by atoms with Crippen molar-refractivity contribution in [2.24, 2.45) is 0 Å². The molecule has 0 bridgehead atoms. The van der Waals surface area contributed by atoms with E-state index in [1.165, 1.54) is 6.08 Å².